The summed E-state index contributed by atoms with van der Waals surface area (Å²) < 4.78 is 57.2. The number of benzene rings is 1. The number of aromatic carboxylic acids is 1. The number of rotatable bonds is 4. The van der Waals surface area contributed by atoms with Crippen LogP contribution in [-0.4, -0.2) is 22.7 Å². The number of carboxylic acids is 1. The molecule has 24 heavy (non-hydrogen) atoms. The maximum absolute atomic E-state index is 14.4. The SMILES string of the molecule is Cc1c(OC(F)F)ccc(-c2nc(C(=O)O)c(Cl)c(N)c2F)c1F. The van der Waals surface area contributed by atoms with Crippen molar-refractivity contribution >= 4 is 23.3 Å². The number of carboxylic acid groups (broad SMARTS) is 1. The number of pyridine rings is 1. The Labute approximate surface area is 137 Å². The summed E-state index contributed by atoms with van der Waals surface area (Å²) in [7, 11) is 0. The van der Waals surface area contributed by atoms with Gasteiger partial charge in [-0.1, -0.05) is 11.6 Å². The van der Waals surface area contributed by atoms with Crippen LogP contribution >= 0.6 is 11.6 Å². The summed E-state index contributed by atoms with van der Waals surface area (Å²) in [6, 6.07) is 1.90. The summed E-state index contributed by atoms with van der Waals surface area (Å²) >= 11 is 5.60. The second-order valence-corrected chi connectivity index (χ2v) is 4.96. The Kier molecular flexibility index (Phi) is 4.83. The average molecular weight is 365 g/mol. The Morgan fingerprint density at radius 2 is 1.96 bits per heavy atom. The molecule has 3 N–H and O–H groups in total. The molecule has 2 aromatic rings. The Morgan fingerprint density at radius 3 is 2.50 bits per heavy atom. The number of aromatic nitrogens is 1. The van der Waals surface area contributed by atoms with E-state index < -0.39 is 57.6 Å². The van der Waals surface area contributed by atoms with Crippen molar-refractivity contribution in [3.05, 3.63) is 40.0 Å². The number of halogens is 5. The highest BCUT2D eigenvalue weighted by Crippen LogP contribution is 2.36. The lowest BCUT2D eigenvalue weighted by Gasteiger charge is -2.13. The minimum Gasteiger partial charge on any atom is -0.476 e. The highest BCUT2D eigenvalue weighted by atomic mass is 35.5. The monoisotopic (exact) mass is 364 g/mol. The van der Waals surface area contributed by atoms with E-state index in [9.17, 15) is 22.4 Å². The van der Waals surface area contributed by atoms with Crippen LogP contribution in [0.3, 0.4) is 0 Å². The van der Waals surface area contributed by atoms with E-state index in [0.717, 1.165) is 19.1 Å². The molecule has 0 spiro atoms. The number of ether oxygens (including phenoxy) is 1. The third kappa shape index (κ3) is 3.07. The van der Waals surface area contributed by atoms with Gasteiger partial charge in [-0.3, -0.25) is 0 Å². The summed E-state index contributed by atoms with van der Waals surface area (Å²) in [5, 5.41) is 8.37. The molecule has 0 bridgehead atoms. The molecule has 5 nitrogen and oxygen atoms in total. The Bertz CT molecular complexity index is 830. The van der Waals surface area contributed by atoms with Crippen molar-refractivity contribution in [3.63, 3.8) is 0 Å². The van der Waals surface area contributed by atoms with Crippen LogP contribution in [0.25, 0.3) is 11.3 Å². The highest BCUT2D eigenvalue weighted by Gasteiger charge is 2.25. The van der Waals surface area contributed by atoms with E-state index in [0.29, 0.717) is 0 Å². The van der Waals surface area contributed by atoms with Gasteiger partial charge in [0.15, 0.2) is 11.5 Å². The molecule has 128 valence electrons. The average Bonchev–Trinajstić information content (AvgIpc) is 2.50. The first-order valence-electron chi connectivity index (χ1n) is 6.27. The first kappa shape index (κ1) is 17.8. The van der Waals surface area contributed by atoms with Crippen LogP contribution in [0.1, 0.15) is 16.1 Å². The minimum absolute atomic E-state index is 0.334. The van der Waals surface area contributed by atoms with Crippen LogP contribution in [-0.2, 0) is 0 Å². The smallest absolute Gasteiger partial charge is 0.387 e. The van der Waals surface area contributed by atoms with Gasteiger partial charge in [-0.2, -0.15) is 8.78 Å². The van der Waals surface area contributed by atoms with Gasteiger partial charge in [0.1, 0.15) is 17.3 Å². The van der Waals surface area contributed by atoms with Crippen LogP contribution in [0.15, 0.2) is 12.1 Å². The molecule has 1 heterocycles. The van der Waals surface area contributed by atoms with Crippen molar-refractivity contribution in [3.8, 4) is 17.0 Å². The van der Waals surface area contributed by atoms with Gasteiger partial charge >= 0.3 is 12.6 Å². The van der Waals surface area contributed by atoms with E-state index in [1.54, 1.807) is 0 Å². The molecule has 0 atom stereocenters. The lowest BCUT2D eigenvalue weighted by Crippen LogP contribution is -2.09. The second-order valence-electron chi connectivity index (χ2n) is 4.58. The standard InChI is InChI=1S/C14H9ClF4N2O3/c1-4-6(24-14(18)19)3-2-5(8(4)16)11-9(17)10(20)7(15)12(21-11)13(22)23/h2-3,14H,1H3,(H2,20,21)(H,22,23). The lowest BCUT2D eigenvalue weighted by molar-refractivity contribution is -0.0504. The van der Waals surface area contributed by atoms with E-state index in [2.05, 4.69) is 9.72 Å². The fraction of sp³-hybridized carbons (Fsp3) is 0.143. The van der Waals surface area contributed by atoms with Gasteiger partial charge in [0.2, 0.25) is 0 Å². The highest BCUT2D eigenvalue weighted by molar-refractivity contribution is 6.35. The summed E-state index contributed by atoms with van der Waals surface area (Å²) in [6.07, 6.45) is 0. The molecule has 1 aromatic heterocycles. The van der Waals surface area contributed by atoms with Crippen molar-refractivity contribution in [1.29, 1.82) is 0 Å². The Balaban J connectivity index is 2.69. The van der Waals surface area contributed by atoms with Gasteiger partial charge in [-0.05, 0) is 19.1 Å². The normalized spacial score (nSPS) is 11.0. The zero-order chi connectivity index (χ0) is 18.2. The number of nitrogen functional groups attached to an aromatic ring is 1. The summed E-state index contributed by atoms with van der Waals surface area (Å²) in [5.74, 6) is -4.39. The number of carbonyl (C=O) groups is 1. The molecule has 0 aliphatic carbocycles. The largest absolute Gasteiger partial charge is 0.476 e. The van der Waals surface area contributed by atoms with Crippen molar-refractivity contribution in [2.45, 2.75) is 13.5 Å². The third-order valence-corrected chi connectivity index (χ3v) is 3.51. The van der Waals surface area contributed by atoms with Crippen LogP contribution in [0.2, 0.25) is 5.02 Å². The molecule has 2 rings (SSSR count). The molecule has 0 aliphatic heterocycles. The maximum Gasteiger partial charge on any atom is 0.387 e. The topological polar surface area (TPSA) is 85.4 Å². The molecule has 0 saturated carbocycles. The predicted molar refractivity (Wildman–Crippen MR) is 77.3 cm³/mol. The number of nitrogens with two attached hydrogens (primary N) is 1. The predicted octanol–water partition coefficient (Wildman–Crippen LogP) is 3.87. The number of nitrogens with zero attached hydrogens (tertiary/aromatic N) is 1. The fourth-order valence-corrected chi connectivity index (χ4v) is 2.16. The molecule has 0 radical (unpaired) electrons. The second kappa shape index (κ2) is 6.52. The van der Waals surface area contributed by atoms with Crippen molar-refractivity contribution in [1.82, 2.24) is 4.98 Å². The third-order valence-electron chi connectivity index (χ3n) is 3.12. The quantitative estimate of drug-likeness (QED) is 0.804. The van der Waals surface area contributed by atoms with Crippen LogP contribution in [0.4, 0.5) is 23.2 Å². The van der Waals surface area contributed by atoms with Gasteiger partial charge in [0, 0.05) is 11.1 Å². The van der Waals surface area contributed by atoms with Gasteiger partial charge in [0.25, 0.3) is 0 Å². The molecule has 0 saturated heterocycles. The van der Waals surface area contributed by atoms with Gasteiger partial charge < -0.3 is 15.6 Å². The maximum atomic E-state index is 14.4. The lowest BCUT2D eigenvalue weighted by atomic mass is 10.0. The summed E-state index contributed by atoms with van der Waals surface area (Å²) in [4.78, 5) is 14.6. The number of hydrogen-bond acceptors (Lipinski definition) is 4. The van der Waals surface area contributed by atoms with E-state index >= 15 is 0 Å². The Morgan fingerprint density at radius 1 is 1.33 bits per heavy atom. The molecule has 0 amide bonds. The number of alkyl halides is 2. The van der Waals surface area contributed by atoms with Crippen molar-refractivity contribution in [2.24, 2.45) is 0 Å². The molecular weight excluding hydrogens is 356 g/mol. The Hall–Kier alpha value is -2.55. The van der Waals surface area contributed by atoms with Crippen LogP contribution < -0.4 is 10.5 Å². The molecule has 0 fully saturated rings. The van der Waals surface area contributed by atoms with E-state index in [1.165, 1.54) is 0 Å². The minimum atomic E-state index is -3.17. The van der Waals surface area contributed by atoms with Crippen LogP contribution in [0, 0.1) is 18.6 Å². The zero-order valence-corrected chi connectivity index (χ0v) is 12.7. The first-order valence-corrected chi connectivity index (χ1v) is 6.65. The zero-order valence-electron chi connectivity index (χ0n) is 11.9. The first-order chi connectivity index (χ1) is 11.1. The molecule has 10 heteroatoms. The molecule has 0 unspecified atom stereocenters. The van der Waals surface area contributed by atoms with E-state index in [-0.39, 0.29) is 5.56 Å². The van der Waals surface area contributed by atoms with Crippen LogP contribution in [0.5, 0.6) is 5.75 Å². The summed E-state index contributed by atoms with van der Waals surface area (Å²) in [6.45, 7) is -2.04. The fourth-order valence-electron chi connectivity index (χ4n) is 1.96. The number of hydrogen-bond donors (Lipinski definition) is 2. The van der Waals surface area contributed by atoms with E-state index in [1.807, 2.05) is 0 Å². The van der Waals surface area contributed by atoms with Crippen molar-refractivity contribution < 1.29 is 32.2 Å². The van der Waals surface area contributed by atoms with Gasteiger partial charge in [-0.15, -0.1) is 0 Å². The van der Waals surface area contributed by atoms with Gasteiger partial charge in [-0.25, -0.2) is 18.6 Å². The number of anilines is 1. The molecule has 1 aromatic carbocycles. The molecule has 0 aliphatic rings. The molecular formula is C14H9ClF4N2O3. The van der Waals surface area contributed by atoms with Gasteiger partial charge in [0.05, 0.1) is 10.7 Å². The van der Waals surface area contributed by atoms with E-state index in [4.69, 9.17) is 22.4 Å². The summed E-state index contributed by atoms with van der Waals surface area (Å²) in [5.41, 5.74) is 2.38. The van der Waals surface area contributed by atoms with Crippen molar-refractivity contribution in [2.75, 3.05) is 5.73 Å².